The van der Waals surface area contributed by atoms with Crippen molar-refractivity contribution in [3.05, 3.63) is 17.0 Å². The summed E-state index contributed by atoms with van der Waals surface area (Å²) in [6.07, 6.45) is 0. The monoisotopic (exact) mass is 220 g/mol. The summed E-state index contributed by atoms with van der Waals surface area (Å²) in [5.74, 6) is 0. The van der Waals surface area contributed by atoms with Gasteiger partial charge in [0.1, 0.15) is 4.21 Å². The predicted octanol–water partition coefficient (Wildman–Crippen LogP) is 2.29. The minimum atomic E-state index is -4.02. The van der Waals surface area contributed by atoms with Crippen molar-refractivity contribution in [2.24, 2.45) is 0 Å². The van der Waals surface area contributed by atoms with E-state index in [-0.39, 0.29) is 9.62 Å². The van der Waals surface area contributed by atoms with E-state index in [1.165, 1.54) is 6.07 Å². The lowest BCUT2D eigenvalue weighted by Crippen LogP contribution is -2.07. The standard InChI is InChI=1S/C8H12O3S2/c1-8(2,3)6-4-5-7(12-6)13(9,10)11/h4-5H,1-3H3,(H,9,10,11). The molecule has 1 aromatic rings. The van der Waals surface area contributed by atoms with Crippen LogP contribution in [0.25, 0.3) is 0 Å². The first-order chi connectivity index (χ1) is 5.71. The van der Waals surface area contributed by atoms with Crippen LogP contribution < -0.4 is 0 Å². The van der Waals surface area contributed by atoms with Gasteiger partial charge in [0, 0.05) is 4.88 Å². The maximum atomic E-state index is 10.7. The van der Waals surface area contributed by atoms with Crippen LogP contribution in [0, 0.1) is 0 Å². The molecular formula is C8H12O3S2. The van der Waals surface area contributed by atoms with E-state index < -0.39 is 10.1 Å². The highest BCUT2D eigenvalue weighted by Gasteiger charge is 2.20. The number of thiophene rings is 1. The molecule has 0 radical (unpaired) electrons. The van der Waals surface area contributed by atoms with Crippen LogP contribution in [0.4, 0.5) is 0 Å². The highest BCUT2D eigenvalue weighted by Crippen LogP contribution is 2.31. The van der Waals surface area contributed by atoms with Crippen molar-refractivity contribution in [1.29, 1.82) is 0 Å². The molecule has 0 amide bonds. The lowest BCUT2D eigenvalue weighted by atomic mass is 9.95. The van der Waals surface area contributed by atoms with Crippen molar-refractivity contribution in [3.63, 3.8) is 0 Å². The Hall–Kier alpha value is -0.390. The summed E-state index contributed by atoms with van der Waals surface area (Å²) >= 11 is 1.11. The quantitative estimate of drug-likeness (QED) is 0.739. The normalized spacial score (nSPS) is 13.2. The van der Waals surface area contributed by atoms with Crippen LogP contribution in [-0.4, -0.2) is 13.0 Å². The van der Waals surface area contributed by atoms with Gasteiger partial charge in [-0.15, -0.1) is 11.3 Å². The topological polar surface area (TPSA) is 54.4 Å². The van der Waals surface area contributed by atoms with E-state index in [1.807, 2.05) is 20.8 Å². The first-order valence-corrected chi connectivity index (χ1v) is 6.05. The molecule has 5 heteroatoms. The molecule has 0 aliphatic heterocycles. The Balaban J connectivity index is 3.16. The molecule has 0 unspecified atom stereocenters. The van der Waals surface area contributed by atoms with E-state index in [2.05, 4.69) is 0 Å². The highest BCUT2D eigenvalue weighted by atomic mass is 32.3. The molecule has 0 aromatic carbocycles. The van der Waals surface area contributed by atoms with E-state index in [1.54, 1.807) is 6.07 Å². The van der Waals surface area contributed by atoms with E-state index in [9.17, 15) is 8.42 Å². The predicted molar refractivity (Wildman–Crippen MR) is 52.8 cm³/mol. The molecule has 1 rings (SSSR count). The highest BCUT2D eigenvalue weighted by molar-refractivity contribution is 7.88. The van der Waals surface area contributed by atoms with Gasteiger partial charge < -0.3 is 0 Å². The summed E-state index contributed by atoms with van der Waals surface area (Å²) in [4.78, 5) is 0.945. The lowest BCUT2D eigenvalue weighted by Gasteiger charge is -2.14. The maximum absolute atomic E-state index is 10.7. The van der Waals surface area contributed by atoms with Gasteiger partial charge in [-0.05, 0) is 17.5 Å². The zero-order valence-corrected chi connectivity index (χ0v) is 9.37. The Bertz CT molecular complexity index is 395. The largest absolute Gasteiger partial charge is 0.304 e. The van der Waals surface area contributed by atoms with Crippen LogP contribution in [0.2, 0.25) is 0 Å². The van der Waals surface area contributed by atoms with Crippen molar-refractivity contribution in [3.8, 4) is 0 Å². The van der Waals surface area contributed by atoms with Crippen LogP contribution in [-0.2, 0) is 15.5 Å². The van der Waals surface area contributed by atoms with Gasteiger partial charge in [0.25, 0.3) is 0 Å². The molecule has 0 bridgehead atoms. The molecule has 74 valence electrons. The van der Waals surface area contributed by atoms with Gasteiger partial charge in [0.05, 0.1) is 0 Å². The van der Waals surface area contributed by atoms with Gasteiger partial charge in [-0.3, -0.25) is 4.55 Å². The van der Waals surface area contributed by atoms with E-state index in [0.29, 0.717) is 0 Å². The molecule has 1 N–H and O–H groups in total. The van der Waals surface area contributed by atoms with Gasteiger partial charge >= 0.3 is 10.1 Å². The number of rotatable bonds is 1. The molecule has 0 atom stereocenters. The Morgan fingerprint density at radius 1 is 1.31 bits per heavy atom. The average molecular weight is 220 g/mol. The smallest absolute Gasteiger partial charge is 0.281 e. The lowest BCUT2D eigenvalue weighted by molar-refractivity contribution is 0.485. The molecule has 0 fully saturated rings. The minimum absolute atomic E-state index is 0.0115. The third kappa shape index (κ3) is 2.52. The SMILES string of the molecule is CC(C)(C)c1ccc(S(=O)(=O)O)s1. The third-order valence-electron chi connectivity index (χ3n) is 1.57. The van der Waals surface area contributed by atoms with Gasteiger partial charge in [-0.25, -0.2) is 0 Å². The summed E-state index contributed by atoms with van der Waals surface area (Å²) in [5.41, 5.74) is -0.0758. The summed E-state index contributed by atoms with van der Waals surface area (Å²) in [6, 6.07) is 3.16. The Labute approximate surface area is 82.2 Å². The summed E-state index contributed by atoms with van der Waals surface area (Å²) in [5, 5.41) is 0. The van der Waals surface area contributed by atoms with Crippen molar-refractivity contribution >= 4 is 21.5 Å². The molecule has 0 saturated heterocycles. The second-order valence-corrected chi connectivity index (χ2v) is 6.58. The van der Waals surface area contributed by atoms with Crippen LogP contribution in [0.15, 0.2) is 16.3 Å². The second-order valence-electron chi connectivity index (χ2n) is 3.84. The molecule has 0 saturated carbocycles. The molecule has 13 heavy (non-hydrogen) atoms. The van der Waals surface area contributed by atoms with E-state index in [0.717, 1.165) is 16.2 Å². The summed E-state index contributed by atoms with van der Waals surface area (Å²) in [7, 11) is -4.02. The fourth-order valence-electron chi connectivity index (χ4n) is 0.862. The van der Waals surface area contributed by atoms with Crippen molar-refractivity contribution < 1.29 is 13.0 Å². The van der Waals surface area contributed by atoms with Gasteiger partial charge in [-0.1, -0.05) is 20.8 Å². The zero-order chi connectivity index (χ0) is 10.3. The first-order valence-electron chi connectivity index (χ1n) is 3.79. The van der Waals surface area contributed by atoms with E-state index in [4.69, 9.17) is 4.55 Å². The van der Waals surface area contributed by atoms with Crippen LogP contribution >= 0.6 is 11.3 Å². The van der Waals surface area contributed by atoms with Gasteiger partial charge in [0.2, 0.25) is 0 Å². The number of hydrogen-bond donors (Lipinski definition) is 1. The number of hydrogen-bond acceptors (Lipinski definition) is 3. The zero-order valence-electron chi connectivity index (χ0n) is 7.73. The van der Waals surface area contributed by atoms with Gasteiger partial charge in [0.15, 0.2) is 0 Å². The van der Waals surface area contributed by atoms with Crippen molar-refractivity contribution in [2.75, 3.05) is 0 Å². The summed E-state index contributed by atoms with van der Waals surface area (Å²) < 4.78 is 30.2. The molecular weight excluding hydrogens is 208 g/mol. The van der Waals surface area contributed by atoms with Crippen LogP contribution in [0.3, 0.4) is 0 Å². The Kier molecular flexibility index (Phi) is 2.53. The maximum Gasteiger partial charge on any atom is 0.304 e. The third-order valence-corrected chi connectivity index (χ3v) is 4.41. The summed E-state index contributed by atoms with van der Waals surface area (Å²) in [6.45, 7) is 5.98. The fourth-order valence-corrected chi connectivity index (χ4v) is 2.59. The molecule has 1 heterocycles. The average Bonchev–Trinajstić information content (AvgIpc) is 2.28. The first kappa shape index (κ1) is 10.7. The fraction of sp³-hybridized carbons (Fsp3) is 0.500. The molecule has 0 spiro atoms. The molecule has 1 aromatic heterocycles. The molecule has 3 nitrogen and oxygen atoms in total. The van der Waals surface area contributed by atoms with E-state index >= 15 is 0 Å². The van der Waals surface area contributed by atoms with Crippen molar-refractivity contribution in [1.82, 2.24) is 0 Å². The Morgan fingerprint density at radius 2 is 1.85 bits per heavy atom. The van der Waals surface area contributed by atoms with Gasteiger partial charge in [-0.2, -0.15) is 8.42 Å². The molecule has 0 aliphatic rings. The van der Waals surface area contributed by atoms with Crippen molar-refractivity contribution in [2.45, 2.75) is 30.4 Å². The van der Waals surface area contributed by atoms with Crippen LogP contribution in [0.5, 0.6) is 0 Å². The second kappa shape index (κ2) is 3.08. The molecule has 0 aliphatic carbocycles. The van der Waals surface area contributed by atoms with Crippen LogP contribution in [0.1, 0.15) is 25.6 Å². The minimum Gasteiger partial charge on any atom is -0.281 e. The Morgan fingerprint density at radius 3 is 2.08 bits per heavy atom.